The quantitative estimate of drug-likeness (QED) is 0.532. The Morgan fingerprint density at radius 3 is 2.77 bits per heavy atom. The lowest BCUT2D eigenvalue weighted by Crippen LogP contribution is -2.01. The maximum Gasteiger partial charge on any atom is 0.294 e. The number of hydrogen-bond acceptors (Lipinski definition) is 4. The highest BCUT2D eigenvalue weighted by atomic mass is 16.6. The summed E-state index contributed by atoms with van der Waals surface area (Å²) in [6, 6.07) is 12.4. The summed E-state index contributed by atoms with van der Waals surface area (Å²) in [6.07, 6.45) is 3.12. The molecule has 0 spiro atoms. The van der Waals surface area contributed by atoms with Gasteiger partial charge in [-0.25, -0.2) is 4.68 Å². The highest BCUT2D eigenvalue weighted by Gasteiger charge is 2.18. The van der Waals surface area contributed by atoms with Crippen LogP contribution in [-0.2, 0) is 6.42 Å². The second-order valence-corrected chi connectivity index (χ2v) is 5.14. The third-order valence-electron chi connectivity index (χ3n) is 3.67. The zero-order valence-corrected chi connectivity index (χ0v) is 12.3. The van der Waals surface area contributed by atoms with Crippen molar-refractivity contribution >= 4 is 16.7 Å². The molecular weight excluding hydrogens is 280 g/mol. The van der Waals surface area contributed by atoms with E-state index in [-0.39, 0.29) is 5.69 Å². The molecule has 0 N–H and O–H groups in total. The molecule has 0 fully saturated rings. The first-order chi connectivity index (χ1) is 10.7. The highest BCUT2D eigenvalue weighted by molar-refractivity contribution is 5.80. The molecule has 1 aromatic heterocycles. The van der Waals surface area contributed by atoms with Crippen molar-refractivity contribution in [2.24, 2.45) is 0 Å². The van der Waals surface area contributed by atoms with E-state index in [9.17, 15) is 10.1 Å². The number of rotatable bonds is 5. The molecule has 22 heavy (non-hydrogen) atoms. The van der Waals surface area contributed by atoms with Crippen LogP contribution < -0.4 is 0 Å². The molecule has 0 radical (unpaired) electrons. The van der Waals surface area contributed by atoms with E-state index < -0.39 is 4.92 Å². The smallest absolute Gasteiger partial charge is 0.258 e. The van der Waals surface area contributed by atoms with Gasteiger partial charge >= 0.3 is 0 Å². The minimum atomic E-state index is -0.399. The van der Waals surface area contributed by atoms with E-state index in [1.165, 1.54) is 6.07 Å². The largest absolute Gasteiger partial charge is 0.294 e. The van der Waals surface area contributed by atoms with Gasteiger partial charge in [-0.05, 0) is 30.5 Å². The normalized spacial score (nSPS) is 11.0. The second kappa shape index (κ2) is 5.93. The fourth-order valence-corrected chi connectivity index (χ4v) is 2.55. The van der Waals surface area contributed by atoms with Crippen molar-refractivity contribution < 1.29 is 4.92 Å². The molecule has 0 saturated carbocycles. The molecule has 6 heteroatoms. The lowest BCUT2D eigenvalue weighted by Gasteiger charge is -2.04. The molecular formula is C16H16N4O2. The number of para-hydroxylation sites is 2. The summed E-state index contributed by atoms with van der Waals surface area (Å²) in [5.74, 6) is 0. The number of nitrogens with zero attached hydrogens (tertiary/aromatic N) is 4. The molecule has 3 aromatic rings. The highest BCUT2D eigenvalue weighted by Crippen LogP contribution is 2.26. The summed E-state index contributed by atoms with van der Waals surface area (Å²) < 4.78 is 1.54. The summed E-state index contributed by atoms with van der Waals surface area (Å²) in [7, 11) is 0. The third kappa shape index (κ3) is 2.43. The van der Waals surface area contributed by atoms with Crippen LogP contribution in [-0.4, -0.2) is 19.9 Å². The first-order valence-electron chi connectivity index (χ1n) is 7.29. The zero-order chi connectivity index (χ0) is 15.5. The predicted molar refractivity (Wildman–Crippen MR) is 84.1 cm³/mol. The van der Waals surface area contributed by atoms with Gasteiger partial charge in [-0.2, -0.15) is 0 Å². The van der Waals surface area contributed by atoms with Gasteiger partial charge in [-0.3, -0.25) is 10.1 Å². The van der Waals surface area contributed by atoms with Gasteiger partial charge in [0.15, 0.2) is 0 Å². The number of fused-ring (bicyclic) bond motifs is 1. The lowest BCUT2D eigenvalue weighted by atomic mass is 10.1. The first-order valence-corrected chi connectivity index (χ1v) is 7.29. The number of aromatic nitrogens is 3. The molecule has 112 valence electrons. The Morgan fingerprint density at radius 1 is 1.18 bits per heavy atom. The topological polar surface area (TPSA) is 73.8 Å². The van der Waals surface area contributed by atoms with Crippen molar-refractivity contribution in [2.75, 3.05) is 0 Å². The Morgan fingerprint density at radius 2 is 2.00 bits per heavy atom. The van der Waals surface area contributed by atoms with Crippen LogP contribution in [0.25, 0.3) is 16.7 Å². The number of hydrogen-bond donors (Lipinski definition) is 0. The van der Waals surface area contributed by atoms with Crippen LogP contribution in [0.3, 0.4) is 0 Å². The molecule has 0 aliphatic heterocycles. The van der Waals surface area contributed by atoms with Gasteiger partial charge in [0.1, 0.15) is 11.2 Å². The van der Waals surface area contributed by atoms with Gasteiger partial charge in [0, 0.05) is 6.07 Å². The van der Waals surface area contributed by atoms with Crippen molar-refractivity contribution in [3.8, 4) is 5.69 Å². The van der Waals surface area contributed by atoms with Crippen LogP contribution in [0.1, 0.15) is 25.3 Å². The molecule has 0 unspecified atom stereocenters. The van der Waals surface area contributed by atoms with Gasteiger partial charge in [-0.1, -0.05) is 42.8 Å². The van der Waals surface area contributed by atoms with E-state index in [2.05, 4.69) is 17.2 Å². The fourth-order valence-electron chi connectivity index (χ4n) is 2.55. The second-order valence-electron chi connectivity index (χ2n) is 5.14. The summed E-state index contributed by atoms with van der Waals surface area (Å²) >= 11 is 0. The van der Waals surface area contributed by atoms with Gasteiger partial charge < -0.3 is 0 Å². The van der Waals surface area contributed by atoms with Crippen molar-refractivity contribution in [3.05, 3.63) is 58.1 Å². The van der Waals surface area contributed by atoms with Crippen LogP contribution in [0.2, 0.25) is 0 Å². The summed E-state index contributed by atoms with van der Waals surface area (Å²) in [5, 5.41) is 19.6. The zero-order valence-electron chi connectivity index (χ0n) is 12.3. The monoisotopic (exact) mass is 296 g/mol. The molecule has 0 aliphatic rings. The van der Waals surface area contributed by atoms with E-state index in [1.54, 1.807) is 22.9 Å². The van der Waals surface area contributed by atoms with E-state index in [0.717, 1.165) is 35.9 Å². The average Bonchev–Trinajstić information content (AvgIpc) is 2.97. The van der Waals surface area contributed by atoms with Crippen LogP contribution in [0.4, 0.5) is 5.69 Å². The van der Waals surface area contributed by atoms with E-state index in [0.29, 0.717) is 5.69 Å². The van der Waals surface area contributed by atoms with Crippen LogP contribution in [0.5, 0.6) is 0 Å². The minimum absolute atomic E-state index is 0.0215. The molecule has 1 heterocycles. The standard InChI is InChI=1S/C16H16N4O2/c1-2-3-7-12-8-6-11-15-16(12)17-18-19(15)13-9-4-5-10-14(13)20(21)22/h4-6,8-11H,2-3,7H2,1H3. The first kappa shape index (κ1) is 14.2. The Kier molecular flexibility index (Phi) is 3.82. The van der Waals surface area contributed by atoms with Crippen LogP contribution in [0.15, 0.2) is 42.5 Å². The molecule has 0 amide bonds. The van der Waals surface area contributed by atoms with Gasteiger partial charge in [0.25, 0.3) is 5.69 Å². The number of aryl methyl sites for hydroxylation is 1. The Balaban J connectivity index is 2.15. The average molecular weight is 296 g/mol. The predicted octanol–water partition coefficient (Wildman–Crippen LogP) is 3.67. The minimum Gasteiger partial charge on any atom is -0.258 e. The summed E-state index contributed by atoms with van der Waals surface area (Å²) in [4.78, 5) is 10.8. The lowest BCUT2D eigenvalue weighted by molar-refractivity contribution is -0.384. The maximum absolute atomic E-state index is 11.2. The van der Waals surface area contributed by atoms with Crippen LogP contribution >= 0.6 is 0 Å². The number of nitro groups is 1. The summed E-state index contributed by atoms with van der Waals surface area (Å²) in [6.45, 7) is 2.14. The maximum atomic E-state index is 11.2. The molecule has 0 atom stereocenters. The van der Waals surface area contributed by atoms with Gasteiger partial charge in [-0.15, -0.1) is 5.10 Å². The van der Waals surface area contributed by atoms with Crippen molar-refractivity contribution in [2.45, 2.75) is 26.2 Å². The van der Waals surface area contributed by atoms with Gasteiger partial charge in [0.05, 0.1) is 10.4 Å². The van der Waals surface area contributed by atoms with E-state index >= 15 is 0 Å². The Bertz CT molecular complexity index is 826. The SMILES string of the molecule is CCCCc1cccc2c1nnn2-c1ccccc1[N+](=O)[O-]. The van der Waals surface area contributed by atoms with Crippen LogP contribution in [0, 0.1) is 10.1 Å². The van der Waals surface area contributed by atoms with Crippen molar-refractivity contribution in [1.82, 2.24) is 15.0 Å². The third-order valence-corrected chi connectivity index (χ3v) is 3.67. The number of benzene rings is 2. The Labute approximate surface area is 127 Å². The van der Waals surface area contributed by atoms with Crippen molar-refractivity contribution in [1.29, 1.82) is 0 Å². The van der Waals surface area contributed by atoms with Gasteiger partial charge in [0.2, 0.25) is 0 Å². The Hall–Kier alpha value is -2.76. The van der Waals surface area contributed by atoms with E-state index in [4.69, 9.17) is 0 Å². The molecule has 0 bridgehead atoms. The number of unbranched alkanes of at least 4 members (excludes halogenated alkanes) is 1. The molecule has 2 aromatic carbocycles. The molecule has 6 nitrogen and oxygen atoms in total. The number of nitro benzene ring substituents is 1. The molecule has 0 aliphatic carbocycles. The van der Waals surface area contributed by atoms with Crippen molar-refractivity contribution in [3.63, 3.8) is 0 Å². The fraction of sp³-hybridized carbons (Fsp3) is 0.250. The van der Waals surface area contributed by atoms with E-state index in [1.807, 2.05) is 18.2 Å². The summed E-state index contributed by atoms with van der Waals surface area (Å²) in [5.41, 5.74) is 3.19. The molecule has 3 rings (SSSR count). The molecule has 0 saturated heterocycles.